The van der Waals surface area contributed by atoms with Crippen molar-refractivity contribution < 1.29 is 9.84 Å². The average Bonchev–Trinajstić information content (AvgIpc) is 2.41. The van der Waals surface area contributed by atoms with Crippen LogP contribution in [-0.2, 0) is 11.3 Å². The molecule has 1 aromatic heterocycles. The van der Waals surface area contributed by atoms with Gasteiger partial charge in [-0.05, 0) is 38.0 Å². The summed E-state index contributed by atoms with van der Waals surface area (Å²) in [6, 6.07) is 2.47. The summed E-state index contributed by atoms with van der Waals surface area (Å²) in [5, 5.41) is 12.5. The molecule has 1 rings (SSSR count). The summed E-state index contributed by atoms with van der Waals surface area (Å²) in [4.78, 5) is 6.68. The number of rotatable bonds is 9. The molecule has 0 atom stereocenters. The van der Waals surface area contributed by atoms with Crippen LogP contribution < -0.4 is 10.2 Å². The highest BCUT2D eigenvalue weighted by molar-refractivity contribution is 5.48. The number of hydrogen-bond donors (Lipinski definition) is 2. The lowest BCUT2D eigenvalue weighted by Gasteiger charge is -2.28. The predicted octanol–water partition coefficient (Wildman–Crippen LogP) is 1.33. The van der Waals surface area contributed by atoms with E-state index >= 15 is 0 Å². The molecule has 0 fully saturated rings. The van der Waals surface area contributed by atoms with Crippen LogP contribution in [0.3, 0.4) is 0 Å². The SMILES string of the molecule is COCCNCc1cnc(N(CCO)C(C)C)c(C)c1. The van der Waals surface area contributed by atoms with Gasteiger partial charge in [-0.15, -0.1) is 0 Å². The van der Waals surface area contributed by atoms with Gasteiger partial charge in [0.1, 0.15) is 5.82 Å². The Morgan fingerprint density at radius 2 is 2.20 bits per heavy atom. The fraction of sp³-hybridized carbons (Fsp3) is 0.667. The molecule has 0 radical (unpaired) electrons. The van der Waals surface area contributed by atoms with E-state index in [0.29, 0.717) is 19.2 Å². The third-order valence-electron chi connectivity index (χ3n) is 3.16. The lowest BCUT2D eigenvalue weighted by molar-refractivity contribution is 0.199. The van der Waals surface area contributed by atoms with E-state index in [-0.39, 0.29) is 6.61 Å². The summed E-state index contributed by atoms with van der Waals surface area (Å²) in [6.45, 7) is 9.36. The number of nitrogens with one attached hydrogen (secondary N) is 1. The molecule has 1 heterocycles. The van der Waals surface area contributed by atoms with E-state index in [1.807, 2.05) is 6.20 Å². The molecule has 1 aromatic rings. The number of aryl methyl sites for hydroxylation is 1. The number of methoxy groups -OCH3 is 1. The Labute approximate surface area is 122 Å². The molecule has 5 heteroatoms. The second kappa shape index (κ2) is 8.89. The molecule has 114 valence electrons. The Morgan fingerprint density at radius 3 is 2.75 bits per heavy atom. The van der Waals surface area contributed by atoms with E-state index < -0.39 is 0 Å². The number of ether oxygens (including phenoxy) is 1. The second-order valence-electron chi connectivity index (χ2n) is 5.16. The minimum atomic E-state index is 0.139. The first-order valence-electron chi connectivity index (χ1n) is 7.12. The van der Waals surface area contributed by atoms with Gasteiger partial charge in [-0.1, -0.05) is 0 Å². The van der Waals surface area contributed by atoms with Crippen molar-refractivity contribution >= 4 is 5.82 Å². The van der Waals surface area contributed by atoms with E-state index in [9.17, 15) is 0 Å². The van der Waals surface area contributed by atoms with Crippen molar-refractivity contribution in [3.05, 3.63) is 23.4 Å². The largest absolute Gasteiger partial charge is 0.395 e. The number of aliphatic hydroxyl groups is 1. The predicted molar refractivity (Wildman–Crippen MR) is 82.1 cm³/mol. The highest BCUT2D eigenvalue weighted by atomic mass is 16.5. The third kappa shape index (κ3) is 5.07. The van der Waals surface area contributed by atoms with E-state index in [1.54, 1.807) is 7.11 Å². The van der Waals surface area contributed by atoms with E-state index in [4.69, 9.17) is 9.84 Å². The maximum Gasteiger partial charge on any atom is 0.131 e. The molecule has 0 amide bonds. The summed E-state index contributed by atoms with van der Waals surface area (Å²) in [6.07, 6.45) is 1.90. The topological polar surface area (TPSA) is 57.6 Å². The van der Waals surface area contributed by atoms with Crippen LogP contribution in [0.15, 0.2) is 12.3 Å². The minimum absolute atomic E-state index is 0.139. The quantitative estimate of drug-likeness (QED) is 0.669. The normalized spacial score (nSPS) is 11.1. The van der Waals surface area contributed by atoms with Crippen LogP contribution in [-0.4, -0.2) is 49.5 Å². The first-order chi connectivity index (χ1) is 9.60. The molecule has 0 saturated heterocycles. The van der Waals surface area contributed by atoms with Gasteiger partial charge >= 0.3 is 0 Å². The van der Waals surface area contributed by atoms with Crippen LogP contribution in [0.2, 0.25) is 0 Å². The number of aromatic nitrogens is 1. The first-order valence-corrected chi connectivity index (χ1v) is 7.12. The van der Waals surface area contributed by atoms with Gasteiger partial charge in [0, 0.05) is 39.0 Å². The molecule has 0 aromatic carbocycles. The summed E-state index contributed by atoms with van der Waals surface area (Å²) in [5.41, 5.74) is 2.30. The maximum absolute atomic E-state index is 9.17. The van der Waals surface area contributed by atoms with Crippen molar-refractivity contribution in [2.75, 3.05) is 38.3 Å². The zero-order valence-electron chi connectivity index (χ0n) is 13.0. The number of anilines is 1. The van der Waals surface area contributed by atoms with Crippen molar-refractivity contribution in [2.24, 2.45) is 0 Å². The monoisotopic (exact) mass is 281 g/mol. The molecule has 0 aliphatic heterocycles. The van der Waals surface area contributed by atoms with Crippen LogP contribution >= 0.6 is 0 Å². The smallest absolute Gasteiger partial charge is 0.131 e. The molecular formula is C15H27N3O2. The van der Waals surface area contributed by atoms with Crippen LogP contribution in [0.4, 0.5) is 5.82 Å². The molecule has 0 spiro atoms. The Bertz CT molecular complexity index is 397. The van der Waals surface area contributed by atoms with Crippen molar-refractivity contribution in [3.63, 3.8) is 0 Å². The molecule has 20 heavy (non-hydrogen) atoms. The Hall–Kier alpha value is -1.17. The summed E-state index contributed by atoms with van der Waals surface area (Å²) < 4.78 is 5.00. The second-order valence-corrected chi connectivity index (χ2v) is 5.16. The van der Waals surface area contributed by atoms with Gasteiger partial charge in [-0.2, -0.15) is 0 Å². The summed E-state index contributed by atoms with van der Waals surface area (Å²) in [5.74, 6) is 0.953. The molecule has 5 nitrogen and oxygen atoms in total. The van der Waals surface area contributed by atoms with Crippen LogP contribution in [0.5, 0.6) is 0 Å². The molecule has 0 bridgehead atoms. The molecule has 2 N–H and O–H groups in total. The molecule has 0 saturated carbocycles. The van der Waals surface area contributed by atoms with Gasteiger partial charge in [0.15, 0.2) is 0 Å². The van der Waals surface area contributed by atoms with Crippen LogP contribution in [0, 0.1) is 6.92 Å². The highest BCUT2D eigenvalue weighted by Crippen LogP contribution is 2.19. The lowest BCUT2D eigenvalue weighted by atomic mass is 10.1. The minimum Gasteiger partial charge on any atom is -0.395 e. The Morgan fingerprint density at radius 1 is 1.45 bits per heavy atom. The molecule has 0 aliphatic carbocycles. The van der Waals surface area contributed by atoms with Gasteiger partial charge in [0.05, 0.1) is 13.2 Å². The van der Waals surface area contributed by atoms with Crippen LogP contribution in [0.1, 0.15) is 25.0 Å². The number of pyridine rings is 1. The summed E-state index contributed by atoms with van der Waals surface area (Å²) in [7, 11) is 1.70. The van der Waals surface area contributed by atoms with Crippen molar-refractivity contribution in [2.45, 2.75) is 33.4 Å². The van der Waals surface area contributed by atoms with Crippen molar-refractivity contribution in [1.82, 2.24) is 10.3 Å². The number of aliphatic hydroxyl groups excluding tert-OH is 1. The fourth-order valence-corrected chi connectivity index (χ4v) is 2.15. The third-order valence-corrected chi connectivity index (χ3v) is 3.16. The maximum atomic E-state index is 9.17. The standard InChI is InChI=1S/C15H27N3O2/c1-12(2)18(6-7-19)15-13(3)9-14(11-17-15)10-16-5-8-20-4/h9,11-12,16,19H,5-8,10H2,1-4H3. The van der Waals surface area contributed by atoms with Gasteiger partial charge in [0.2, 0.25) is 0 Å². The lowest BCUT2D eigenvalue weighted by Crippen LogP contribution is -2.34. The Kier molecular flexibility index (Phi) is 7.51. The Balaban J connectivity index is 2.71. The van der Waals surface area contributed by atoms with E-state index in [0.717, 1.165) is 30.0 Å². The van der Waals surface area contributed by atoms with Gasteiger partial charge in [-0.25, -0.2) is 4.98 Å². The fourth-order valence-electron chi connectivity index (χ4n) is 2.15. The zero-order valence-corrected chi connectivity index (χ0v) is 13.0. The number of nitrogens with zero attached hydrogens (tertiary/aromatic N) is 2. The van der Waals surface area contributed by atoms with Gasteiger partial charge in [-0.3, -0.25) is 0 Å². The van der Waals surface area contributed by atoms with Crippen molar-refractivity contribution in [1.29, 1.82) is 0 Å². The highest BCUT2D eigenvalue weighted by Gasteiger charge is 2.13. The first kappa shape index (κ1) is 16.9. The van der Waals surface area contributed by atoms with E-state index in [1.165, 1.54) is 0 Å². The van der Waals surface area contributed by atoms with Crippen molar-refractivity contribution in [3.8, 4) is 0 Å². The zero-order chi connectivity index (χ0) is 15.0. The van der Waals surface area contributed by atoms with E-state index in [2.05, 4.69) is 42.0 Å². The van der Waals surface area contributed by atoms with Crippen LogP contribution in [0.25, 0.3) is 0 Å². The molecular weight excluding hydrogens is 254 g/mol. The van der Waals surface area contributed by atoms with Gasteiger partial charge in [0.25, 0.3) is 0 Å². The average molecular weight is 281 g/mol. The molecule has 0 aliphatic rings. The number of hydrogen-bond acceptors (Lipinski definition) is 5. The van der Waals surface area contributed by atoms with Gasteiger partial charge < -0.3 is 20.1 Å². The molecule has 0 unspecified atom stereocenters. The summed E-state index contributed by atoms with van der Waals surface area (Å²) >= 11 is 0.